The molecule has 0 bridgehead atoms. The number of benzene rings is 1. The van der Waals surface area contributed by atoms with E-state index in [9.17, 15) is 8.78 Å². The van der Waals surface area contributed by atoms with Crippen molar-refractivity contribution in [2.24, 2.45) is 5.92 Å². The van der Waals surface area contributed by atoms with E-state index in [1.807, 2.05) is 29.2 Å². The van der Waals surface area contributed by atoms with Gasteiger partial charge in [0.15, 0.2) is 0 Å². The predicted molar refractivity (Wildman–Crippen MR) is 74.8 cm³/mol. The number of rotatable bonds is 5. The summed E-state index contributed by atoms with van der Waals surface area (Å²) in [6, 6.07) is 7.67. The lowest BCUT2D eigenvalue weighted by Gasteiger charge is -2.32. The lowest BCUT2D eigenvalue weighted by Crippen LogP contribution is -2.40. The molecule has 1 heterocycles. The quantitative estimate of drug-likeness (QED) is 0.812. The zero-order valence-electron chi connectivity index (χ0n) is 10.7. The first-order valence-electron chi connectivity index (χ1n) is 6.52. The van der Waals surface area contributed by atoms with Crippen LogP contribution in [-0.2, 0) is 0 Å². The van der Waals surface area contributed by atoms with Gasteiger partial charge >= 0.3 is 0 Å². The van der Waals surface area contributed by atoms with Gasteiger partial charge in [0.1, 0.15) is 5.75 Å². The molecular formula is C14H18BrF2NO. The molecule has 106 valence electrons. The Morgan fingerprint density at radius 2 is 2.05 bits per heavy atom. The molecule has 0 unspecified atom stereocenters. The van der Waals surface area contributed by atoms with Crippen molar-refractivity contribution in [2.45, 2.75) is 19.3 Å². The smallest absolute Gasteiger partial charge is 0.251 e. The van der Waals surface area contributed by atoms with Gasteiger partial charge in [-0.2, -0.15) is 0 Å². The third kappa shape index (κ3) is 5.07. The molecule has 0 aliphatic carbocycles. The minimum Gasteiger partial charge on any atom is -0.493 e. The average Bonchev–Trinajstić information content (AvgIpc) is 2.38. The second kappa shape index (κ2) is 7.20. The number of halogens is 3. The van der Waals surface area contributed by atoms with Crippen LogP contribution in [0.3, 0.4) is 0 Å². The Labute approximate surface area is 120 Å². The molecule has 19 heavy (non-hydrogen) atoms. The van der Waals surface area contributed by atoms with Crippen LogP contribution in [0.5, 0.6) is 5.75 Å². The van der Waals surface area contributed by atoms with Crippen LogP contribution in [0.4, 0.5) is 8.78 Å². The van der Waals surface area contributed by atoms with E-state index in [-0.39, 0.29) is 6.54 Å². The molecule has 0 radical (unpaired) electrons. The standard InChI is InChI=1S/C14H18BrF2NO/c15-12-3-5-13(6-4-12)19-10-11-2-1-7-18(8-11)9-14(16)17/h3-6,11,14H,1-2,7-10H2/t11-/m0/s1. The highest BCUT2D eigenvalue weighted by atomic mass is 79.9. The second-order valence-electron chi connectivity index (χ2n) is 4.92. The van der Waals surface area contributed by atoms with Gasteiger partial charge in [0.25, 0.3) is 6.43 Å². The topological polar surface area (TPSA) is 12.5 Å². The number of hydrogen-bond donors (Lipinski definition) is 0. The molecular weight excluding hydrogens is 316 g/mol. The van der Waals surface area contributed by atoms with E-state index >= 15 is 0 Å². The maximum Gasteiger partial charge on any atom is 0.251 e. The Hall–Kier alpha value is -0.680. The van der Waals surface area contributed by atoms with E-state index < -0.39 is 6.43 Å². The van der Waals surface area contributed by atoms with Crippen molar-refractivity contribution in [3.8, 4) is 5.75 Å². The molecule has 0 N–H and O–H groups in total. The second-order valence-corrected chi connectivity index (χ2v) is 5.84. The summed E-state index contributed by atoms with van der Waals surface area (Å²) >= 11 is 3.37. The monoisotopic (exact) mass is 333 g/mol. The summed E-state index contributed by atoms with van der Waals surface area (Å²) in [5, 5.41) is 0. The molecule has 1 saturated heterocycles. The van der Waals surface area contributed by atoms with Crippen molar-refractivity contribution in [2.75, 3.05) is 26.2 Å². The highest BCUT2D eigenvalue weighted by molar-refractivity contribution is 9.10. The molecule has 0 aromatic heterocycles. The van der Waals surface area contributed by atoms with E-state index in [0.29, 0.717) is 19.1 Å². The third-order valence-electron chi connectivity index (χ3n) is 3.30. The van der Waals surface area contributed by atoms with Gasteiger partial charge in [0.2, 0.25) is 0 Å². The molecule has 1 aliphatic heterocycles. The first-order chi connectivity index (χ1) is 9.13. The maximum absolute atomic E-state index is 12.4. The van der Waals surface area contributed by atoms with Gasteiger partial charge in [-0.1, -0.05) is 15.9 Å². The van der Waals surface area contributed by atoms with Crippen molar-refractivity contribution in [3.05, 3.63) is 28.7 Å². The Morgan fingerprint density at radius 3 is 2.74 bits per heavy atom. The summed E-state index contributed by atoms with van der Waals surface area (Å²) in [6.45, 7) is 1.97. The summed E-state index contributed by atoms with van der Waals surface area (Å²) in [7, 11) is 0. The van der Waals surface area contributed by atoms with Crippen molar-refractivity contribution in [1.82, 2.24) is 4.90 Å². The highest BCUT2D eigenvalue weighted by Crippen LogP contribution is 2.20. The normalized spacial score (nSPS) is 20.7. The molecule has 1 fully saturated rings. The molecule has 0 amide bonds. The molecule has 2 nitrogen and oxygen atoms in total. The number of alkyl halides is 2. The molecule has 0 saturated carbocycles. The Bertz CT molecular complexity index is 386. The molecule has 1 aliphatic rings. The zero-order chi connectivity index (χ0) is 13.7. The van der Waals surface area contributed by atoms with E-state index in [1.165, 1.54) is 0 Å². The van der Waals surface area contributed by atoms with Crippen LogP contribution in [0.25, 0.3) is 0 Å². The minimum atomic E-state index is -2.24. The molecule has 0 spiro atoms. The summed E-state index contributed by atoms with van der Waals surface area (Å²) in [5.41, 5.74) is 0. The highest BCUT2D eigenvalue weighted by Gasteiger charge is 2.22. The van der Waals surface area contributed by atoms with Crippen LogP contribution in [0.15, 0.2) is 28.7 Å². The fraction of sp³-hybridized carbons (Fsp3) is 0.571. The SMILES string of the molecule is FC(F)CN1CCC[C@H](COc2ccc(Br)cc2)C1. The molecule has 1 aromatic rings. The van der Waals surface area contributed by atoms with E-state index in [0.717, 1.165) is 29.6 Å². The van der Waals surface area contributed by atoms with Crippen LogP contribution in [0.2, 0.25) is 0 Å². The van der Waals surface area contributed by atoms with Gasteiger partial charge in [0, 0.05) is 16.9 Å². The third-order valence-corrected chi connectivity index (χ3v) is 3.83. The van der Waals surface area contributed by atoms with E-state index in [4.69, 9.17) is 4.74 Å². The van der Waals surface area contributed by atoms with Crippen LogP contribution in [0, 0.1) is 5.92 Å². The predicted octanol–water partition coefficient (Wildman–Crippen LogP) is 3.81. The van der Waals surface area contributed by atoms with Crippen molar-refractivity contribution >= 4 is 15.9 Å². The van der Waals surface area contributed by atoms with Crippen LogP contribution >= 0.6 is 15.9 Å². The summed E-state index contributed by atoms with van der Waals surface area (Å²) in [6.07, 6.45) is -0.219. The Kier molecular flexibility index (Phi) is 5.58. The van der Waals surface area contributed by atoms with Crippen LogP contribution in [-0.4, -0.2) is 37.6 Å². The van der Waals surface area contributed by atoms with Gasteiger partial charge < -0.3 is 4.74 Å². The lowest BCUT2D eigenvalue weighted by atomic mass is 9.99. The number of likely N-dealkylation sites (tertiary alicyclic amines) is 1. The van der Waals surface area contributed by atoms with Gasteiger partial charge in [-0.05, 0) is 43.7 Å². The molecule has 1 atom stereocenters. The number of hydrogen-bond acceptors (Lipinski definition) is 2. The van der Waals surface area contributed by atoms with Crippen molar-refractivity contribution < 1.29 is 13.5 Å². The summed E-state index contributed by atoms with van der Waals surface area (Å²) < 4.78 is 31.4. The largest absolute Gasteiger partial charge is 0.493 e. The van der Waals surface area contributed by atoms with Crippen LogP contribution in [0.1, 0.15) is 12.8 Å². The van der Waals surface area contributed by atoms with E-state index in [1.54, 1.807) is 0 Å². The zero-order valence-corrected chi connectivity index (χ0v) is 12.3. The maximum atomic E-state index is 12.4. The van der Waals surface area contributed by atoms with Gasteiger partial charge in [-0.3, -0.25) is 4.90 Å². The van der Waals surface area contributed by atoms with Gasteiger partial charge in [-0.25, -0.2) is 8.78 Å². The van der Waals surface area contributed by atoms with E-state index in [2.05, 4.69) is 15.9 Å². The number of nitrogens with zero attached hydrogens (tertiary/aromatic N) is 1. The van der Waals surface area contributed by atoms with Crippen molar-refractivity contribution in [3.63, 3.8) is 0 Å². The molecule has 5 heteroatoms. The Balaban J connectivity index is 1.77. The van der Waals surface area contributed by atoms with Gasteiger partial charge in [-0.15, -0.1) is 0 Å². The van der Waals surface area contributed by atoms with Gasteiger partial charge in [0.05, 0.1) is 13.2 Å². The van der Waals surface area contributed by atoms with Crippen LogP contribution < -0.4 is 4.74 Å². The fourth-order valence-electron chi connectivity index (χ4n) is 2.39. The number of ether oxygens (including phenoxy) is 1. The first kappa shape index (κ1) is 14.7. The molecule has 1 aromatic carbocycles. The minimum absolute atomic E-state index is 0.116. The van der Waals surface area contributed by atoms with Crippen molar-refractivity contribution in [1.29, 1.82) is 0 Å². The molecule has 2 rings (SSSR count). The Morgan fingerprint density at radius 1 is 1.32 bits per heavy atom. The fourth-order valence-corrected chi connectivity index (χ4v) is 2.66. The average molecular weight is 334 g/mol. The summed E-state index contributed by atoms with van der Waals surface area (Å²) in [5.74, 6) is 1.17. The number of piperidine rings is 1. The first-order valence-corrected chi connectivity index (χ1v) is 7.31. The lowest BCUT2D eigenvalue weighted by molar-refractivity contribution is 0.0552. The summed E-state index contributed by atoms with van der Waals surface area (Å²) in [4.78, 5) is 1.84.